The molecule has 1 aromatic carbocycles. The lowest BCUT2D eigenvalue weighted by Crippen LogP contribution is -2.35. The Morgan fingerprint density at radius 2 is 1.79 bits per heavy atom. The number of halogens is 1. The quantitative estimate of drug-likeness (QED) is 0.692. The Hall–Kier alpha value is -1.13. The van der Waals surface area contributed by atoms with Gasteiger partial charge in [0.15, 0.2) is 0 Å². The van der Waals surface area contributed by atoms with Crippen LogP contribution in [0.4, 0.5) is 10.1 Å². The van der Waals surface area contributed by atoms with E-state index in [1.54, 1.807) is 12.1 Å². The molecule has 4 heteroatoms. The maximum absolute atomic E-state index is 13.1. The van der Waals surface area contributed by atoms with Crippen LogP contribution < -0.4 is 10.2 Å². The number of rotatable bonds is 9. The monoisotopic (exact) mass is 267 g/mol. The molecule has 0 fully saturated rings. The van der Waals surface area contributed by atoms with Gasteiger partial charge in [0, 0.05) is 38.9 Å². The van der Waals surface area contributed by atoms with Crippen molar-refractivity contribution < 1.29 is 4.39 Å². The van der Waals surface area contributed by atoms with Crippen molar-refractivity contribution >= 4 is 5.69 Å². The second kappa shape index (κ2) is 8.88. The van der Waals surface area contributed by atoms with E-state index in [-0.39, 0.29) is 5.82 Å². The average molecular weight is 267 g/mol. The Balaban J connectivity index is 2.19. The highest BCUT2D eigenvalue weighted by Crippen LogP contribution is 2.12. The minimum atomic E-state index is -0.182. The number of nitrogens with one attached hydrogen (secondary N) is 1. The van der Waals surface area contributed by atoms with Gasteiger partial charge in [-0.15, -0.1) is 0 Å². The summed E-state index contributed by atoms with van der Waals surface area (Å²) in [7, 11) is 1.99. The largest absolute Gasteiger partial charge is 0.373 e. The Morgan fingerprint density at radius 1 is 1.11 bits per heavy atom. The van der Waals surface area contributed by atoms with Crippen molar-refractivity contribution in [2.45, 2.75) is 13.8 Å². The average Bonchev–Trinajstić information content (AvgIpc) is 2.42. The van der Waals surface area contributed by atoms with Gasteiger partial charge in [-0.25, -0.2) is 4.39 Å². The van der Waals surface area contributed by atoms with Crippen molar-refractivity contribution in [3.05, 3.63) is 30.1 Å². The minimum Gasteiger partial charge on any atom is -0.373 e. The van der Waals surface area contributed by atoms with E-state index in [9.17, 15) is 4.39 Å². The third kappa shape index (κ3) is 6.03. The standard InChI is InChI=1S/C15H26FN3/c1-4-19(5-2)12-10-17-9-11-18(3)15-8-6-7-14(16)13-15/h6-8,13,17H,4-5,9-12H2,1-3H3. The predicted octanol–water partition coefficient (Wildman–Crippen LogP) is 2.19. The van der Waals surface area contributed by atoms with Gasteiger partial charge >= 0.3 is 0 Å². The first kappa shape index (κ1) is 15.9. The molecule has 0 amide bonds. The first-order chi connectivity index (χ1) is 9.17. The summed E-state index contributed by atoms with van der Waals surface area (Å²) in [5.74, 6) is -0.182. The lowest BCUT2D eigenvalue weighted by molar-refractivity contribution is 0.303. The van der Waals surface area contributed by atoms with E-state index in [2.05, 4.69) is 29.0 Å². The Morgan fingerprint density at radius 3 is 2.42 bits per heavy atom. The number of anilines is 1. The first-order valence-electron chi connectivity index (χ1n) is 7.07. The predicted molar refractivity (Wildman–Crippen MR) is 80.3 cm³/mol. The van der Waals surface area contributed by atoms with Gasteiger partial charge in [-0.2, -0.15) is 0 Å². The summed E-state index contributed by atoms with van der Waals surface area (Å²) in [6.07, 6.45) is 0. The SMILES string of the molecule is CCN(CC)CCNCCN(C)c1cccc(F)c1. The van der Waals surface area contributed by atoms with Gasteiger partial charge in [-0.3, -0.25) is 0 Å². The molecule has 0 unspecified atom stereocenters. The third-order valence-corrected chi connectivity index (χ3v) is 3.37. The summed E-state index contributed by atoms with van der Waals surface area (Å²) in [6, 6.07) is 6.71. The normalized spacial score (nSPS) is 11.0. The van der Waals surface area contributed by atoms with Crippen molar-refractivity contribution in [3.63, 3.8) is 0 Å². The molecule has 0 heterocycles. The molecule has 0 saturated carbocycles. The van der Waals surface area contributed by atoms with Gasteiger partial charge < -0.3 is 15.1 Å². The van der Waals surface area contributed by atoms with Crippen LogP contribution in [-0.2, 0) is 0 Å². The number of benzene rings is 1. The van der Waals surface area contributed by atoms with Gasteiger partial charge in [-0.05, 0) is 31.3 Å². The number of nitrogens with zero attached hydrogens (tertiary/aromatic N) is 2. The fourth-order valence-electron chi connectivity index (χ4n) is 1.99. The number of likely N-dealkylation sites (N-methyl/N-ethyl adjacent to an activating group) is 2. The molecule has 108 valence electrons. The van der Waals surface area contributed by atoms with Gasteiger partial charge in [0.05, 0.1) is 0 Å². The molecule has 0 aromatic heterocycles. The van der Waals surface area contributed by atoms with Gasteiger partial charge in [-0.1, -0.05) is 19.9 Å². The van der Waals surface area contributed by atoms with Crippen molar-refractivity contribution in [1.29, 1.82) is 0 Å². The molecule has 0 aliphatic heterocycles. The number of hydrogen-bond acceptors (Lipinski definition) is 3. The second-order valence-electron chi connectivity index (χ2n) is 4.68. The second-order valence-corrected chi connectivity index (χ2v) is 4.68. The third-order valence-electron chi connectivity index (χ3n) is 3.37. The molecule has 0 aliphatic rings. The molecule has 19 heavy (non-hydrogen) atoms. The number of hydrogen-bond donors (Lipinski definition) is 1. The summed E-state index contributed by atoms with van der Waals surface area (Å²) in [6.45, 7) is 10.4. The molecule has 3 nitrogen and oxygen atoms in total. The molecular weight excluding hydrogens is 241 g/mol. The molecule has 0 atom stereocenters. The highest BCUT2D eigenvalue weighted by atomic mass is 19.1. The fraction of sp³-hybridized carbons (Fsp3) is 0.600. The molecule has 1 aromatic rings. The van der Waals surface area contributed by atoms with Crippen LogP contribution in [0.25, 0.3) is 0 Å². The zero-order valence-corrected chi connectivity index (χ0v) is 12.3. The van der Waals surface area contributed by atoms with Crippen molar-refractivity contribution in [2.75, 3.05) is 51.2 Å². The van der Waals surface area contributed by atoms with Crippen LogP contribution in [0.3, 0.4) is 0 Å². The smallest absolute Gasteiger partial charge is 0.125 e. The maximum Gasteiger partial charge on any atom is 0.125 e. The Labute approximate surface area is 116 Å². The lowest BCUT2D eigenvalue weighted by atomic mass is 10.3. The van der Waals surface area contributed by atoms with Gasteiger partial charge in [0.25, 0.3) is 0 Å². The van der Waals surface area contributed by atoms with Crippen LogP contribution in [0.2, 0.25) is 0 Å². The van der Waals surface area contributed by atoms with Crippen molar-refractivity contribution in [2.24, 2.45) is 0 Å². The van der Waals surface area contributed by atoms with E-state index >= 15 is 0 Å². The van der Waals surface area contributed by atoms with Gasteiger partial charge in [0.1, 0.15) is 5.82 Å². The topological polar surface area (TPSA) is 18.5 Å². The molecule has 0 spiro atoms. The molecule has 0 radical (unpaired) electrons. The van der Waals surface area contributed by atoms with E-state index in [1.165, 1.54) is 6.07 Å². The molecule has 0 saturated heterocycles. The molecule has 1 rings (SSSR count). The van der Waals surface area contributed by atoms with Crippen molar-refractivity contribution in [1.82, 2.24) is 10.2 Å². The van der Waals surface area contributed by atoms with Crippen LogP contribution in [-0.4, -0.2) is 51.2 Å². The summed E-state index contributed by atoms with van der Waals surface area (Å²) in [5, 5.41) is 3.42. The van der Waals surface area contributed by atoms with E-state index < -0.39 is 0 Å². The summed E-state index contributed by atoms with van der Waals surface area (Å²) < 4.78 is 13.1. The zero-order chi connectivity index (χ0) is 14.1. The maximum atomic E-state index is 13.1. The van der Waals surface area contributed by atoms with Crippen LogP contribution >= 0.6 is 0 Å². The van der Waals surface area contributed by atoms with Crippen LogP contribution in [0.5, 0.6) is 0 Å². The van der Waals surface area contributed by atoms with Crippen molar-refractivity contribution in [3.8, 4) is 0 Å². The van der Waals surface area contributed by atoms with E-state index in [1.807, 2.05) is 13.1 Å². The lowest BCUT2D eigenvalue weighted by Gasteiger charge is -2.21. The molecule has 0 aliphatic carbocycles. The van der Waals surface area contributed by atoms with E-state index in [0.29, 0.717) is 0 Å². The Bertz CT molecular complexity index is 353. The summed E-state index contributed by atoms with van der Waals surface area (Å²) >= 11 is 0. The van der Waals surface area contributed by atoms with Crippen LogP contribution in [0.15, 0.2) is 24.3 Å². The molecular formula is C15H26FN3. The zero-order valence-electron chi connectivity index (χ0n) is 12.3. The first-order valence-corrected chi connectivity index (χ1v) is 7.07. The summed E-state index contributed by atoms with van der Waals surface area (Å²) in [4.78, 5) is 4.46. The van der Waals surface area contributed by atoms with Gasteiger partial charge in [0.2, 0.25) is 0 Å². The highest BCUT2D eigenvalue weighted by molar-refractivity contribution is 5.45. The minimum absolute atomic E-state index is 0.182. The molecule has 1 N–H and O–H groups in total. The van der Waals surface area contributed by atoms with E-state index in [0.717, 1.165) is 45.0 Å². The van der Waals surface area contributed by atoms with Crippen LogP contribution in [0, 0.1) is 5.82 Å². The Kier molecular flexibility index (Phi) is 7.45. The molecule has 0 bridgehead atoms. The highest BCUT2D eigenvalue weighted by Gasteiger charge is 2.02. The van der Waals surface area contributed by atoms with Crippen LogP contribution in [0.1, 0.15) is 13.8 Å². The summed E-state index contributed by atoms with van der Waals surface area (Å²) in [5.41, 5.74) is 0.922. The fourth-order valence-corrected chi connectivity index (χ4v) is 1.99. The van der Waals surface area contributed by atoms with E-state index in [4.69, 9.17) is 0 Å².